The van der Waals surface area contributed by atoms with Crippen LogP contribution in [-0.2, 0) is 13.0 Å². The third kappa shape index (κ3) is 3.38. The molecule has 0 unspecified atom stereocenters. The molecular weight excluding hydrogens is 272 g/mol. The molecule has 0 spiro atoms. The summed E-state index contributed by atoms with van der Waals surface area (Å²) in [5, 5.41) is 8.64. The van der Waals surface area contributed by atoms with Gasteiger partial charge in [0.1, 0.15) is 0 Å². The van der Waals surface area contributed by atoms with E-state index in [-0.39, 0.29) is 0 Å². The van der Waals surface area contributed by atoms with Crippen molar-refractivity contribution in [3.63, 3.8) is 0 Å². The van der Waals surface area contributed by atoms with Crippen LogP contribution in [0.15, 0.2) is 24.3 Å². The lowest BCUT2D eigenvalue weighted by Gasteiger charge is -2.21. The quantitative estimate of drug-likeness (QED) is 0.918. The van der Waals surface area contributed by atoms with Crippen LogP contribution < -0.4 is 5.73 Å². The molecule has 4 nitrogen and oxygen atoms in total. The van der Waals surface area contributed by atoms with E-state index in [1.807, 2.05) is 4.68 Å². The Labute approximate surface area is 132 Å². The van der Waals surface area contributed by atoms with Crippen LogP contribution in [0, 0.1) is 12.8 Å². The van der Waals surface area contributed by atoms with Gasteiger partial charge in [0.05, 0.1) is 17.1 Å². The average Bonchev–Trinajstić information content (AvgIpc) is 2.97. The highest BCUT2D eigenvalue weighted by atomic mass is 15.4. The largest absolute Gasteiger partial charge is 0.325 e. The molecule has 1 aromatic heterocycles. The number of rotatable bonds is 5. The summed E-state index contributed by atoms with van der Waals surface area (Å²) < 4.78 is 1.98. The first-order valence-electron chi connectivity index (χ1n) is 8.48. The van der Waals surface area contributed by atoms with Crippen molar-refractivity contribution in [2.75, 3.05) is 0 Å². The van der Waals surface area contributed by atoms with Gasteiger partial charge in [-0.25, -0.2) is 4.68 Å². The van der Waals surface area contributed by atoms with Crippen molar-refractivity contribution in [3.05, 3.63) is 41.2 Å². The molecule has 0 aliphatic heterocycles. The van der Waals surface area contributed by atoms with Crippen molar-refractivity contribution in [1.29, 1.82) is 0 Å². The van der Waals surface area contributed by atoms with E-state index in [2.05, 4.69) is 41.5 Å². The second-order valence-electron chi connectivity index (χ2n) is 6.48. The SMILES string of the molecule is Cc1cccc(-n2nnc(CN)c2CCC2CCCCC2)c1. The van der Waals surface area contributed by atoms with E-state index in [1.165, 1.54) is 49.8 Å². The second kappa shape index (κ2) is 7.05. The van der Waals surface area contributed by atoms with Crippen molar-refractivity contribution < 1.29 is 0 Å². The maximum atomic E-state index is 5.86. The Hall–Kier alpha value is -1.68. The van der Waals surface area contributed by atoms with Crippen LogP contribution in [0.4, 0.5) is 0 Å². The molecule has 3 rings (SSSR count). The van der Waals surface area contributed by atoms with Gasteiger partial charge in [-0.05, 0) is 43.4 Å². The molecule has 4 heteroatoms. The topological polar surface area (TPSA) is 56.7 Å². The molecule has 118 valence electrons. The Balaban J connectivity index is 1.80. The summed E-state index contributed by atoms with van der Waals surface area (Å²) in [5.41, 5.74) is 10.3. The standard InChI is InChI=1S/C18H26N4/c1-14-6-5-9-16(12-14)22-18(17(13-19)20-21-22)11-10-15-7-3-2-4-8-15/h5-6,9,12,15H,2-4,7-8,10-11,13,19H2,1H3. The first kappa shape index (κ1) is 15.2. The van der Waals surface area contributed by atoms with Gasteiger partial charge in [-0.3, -0.25) is 0 Å². The molecular formula is C18H26N4. The first-order chi connectivity index (χ1) is 10.8. The van der Waals surface area contributed by atoms with Crippen LogP contribution in [0.1, 0.15) is 55.5 Å². The molecule has 1 aliphatic carbocycles. The van der Waals surface area contributed by atoms with Crippen molar-refractivity contribution in [1.82, 2.24) is 15.0 Å². The Morgan fingerprint density at radius 2 is 2.05 bits per heavy atom. The predicted molar refractivity (Wildman–Crippen MR) is 88.9 cm³/mol. The minimum atomic E-state index is 0.464. The van der Waals surface area contributed by atoms with Crippen molar-refractivity contribution in [3.8, 4) is 5.69 Å². The van der Waals surface area contributed by atoms with E-state index >= 15 is 0 Å². The van der Waals surface area contributed by atoms with Gasteiger partial charge in [0.25, 0.3) is 0 Å². The highest BCUT2D eigenvalue weighted by Crippen LogP contribution is 2.28. The predicted octanol–water partition coefficient (Wildman–Crippen LogP) is 3.55. The molecule has 0 amide bonds. The summed E-state index contributed by atoms with van der Waals surface area (Å²) in [7, 11) is 0. The normalized spacial score (nSPS) is 16.1. The number of benzene rings is 1. The number of nitrogens with two attached hydrogens (primary N) is 1. The minimum absolute atomic E-state index is 0.464. The Bertz CT molecular complexity index is 611. The zero-order valence-corrected chi connectivity index (χ0v) is 13.5. The third-order valence-corrected chi connectivity index (χ3v) is 4.80. The van der Waals surface area contributed by atoms with Crippen molar-refractivity contribution in [2.45, 2.75) is 58.4 Å². The molecule has 1 saturated carbocycles. The van der Waals surface area contributed by atoms with Gasteiger partial charge < -0.3 is 5.73 Å². The van der Waals surface area contributed by atoms with Gasteiger partial charge in [0.15, 0.2) is 0 Å². The van der Waals surface area contributed by atoms with Crippen LogP contribution in [0.25, 0.3) is 5.69 Å². The summed E-state index contributed by atoms with van der Waals surface area (Å²) in [6, 6.07) is 8.41. The van der Waals surface area contributed by atoms with E-state index in [0.29, 0.717) is 6.54 Å². The first-order valence-corrected chi connectivity index (χ1v) is 8.48. The van der Waals surface area contributed by atoms with Crippen LogP contribution in [-0.4, -0.2) is 15.0 Å². The van der Waals surface area contributed by atoms with Crippen molar-refractivity contribution in [2.24, 2.45) is 11.7 Å². The maximum Gasteiger partial charge on any atom is 0.0999 e. The van der Waals surface area contributed by atoms with Crippen LogP contribution in [0.3, 0.4) is 0 Å². The fourth-order valence-electron chi connectivity index (χ4n) is 3.53. The summed E-state index contributed by atoms with van der Waals surface area (Å²) in [4.78, 5) is 0. The van der Waals surface area contributed by atoms with E-state index in [4.69, 9.17) is 5.73 Å². The number of hydrogen-bond acceptors (Lipinski definition) is 3. The second-order valence-corrected chi connectivity index (χ2v) is 6.48. The van der Waals surface area contributed by atoms with Crippen LogP contribution >= 0.6 is 0 Å². The van der Waals surface area contributed by atoms with E-state index < -0.39 is 0 Å². The minimum Gasteiger partial charge on any atom is -0.325 e. The smallest absolute Gasteiger partial charge is 0.0999 e. The van der Waals surface area contributed by atoms with Crippen LogP contribution in [0.2, 0.25) is 0 Å². The summed E-state index contributed by atoms with van der Waals surface area (Å²) in [5.74, 6) is 0.861. The summed E-state index contributed by atoms with van der Waals surface area (Å²) in [6.07, 6.45) is 9.21. The average molecular weight is 298 g/mol. The number of nitrogens with zero attached hydrogens (tertiary/aromatic N) is 3. The fourth-order valence-corrected chi connectivity index (χ4v) is 3.53. The zero-order valence-electron chi connectivity index (χ0n) is 13.5. The van der Waals surface area contributed by atoms with Gasteiger partial charge in [0.2, 0.25) is 0 Å². The lowest BCUT2D eigenvalue weighted by molar-refractivity contribution is 0.337. The zero-order chi connectivity index (χ0) is 15.4. The van der Waals surface area contributed by atoms with E-state index in [1.54, 1.807) is 0 Å². The molecule has 0 bridgehead atoms. The molecule has 0 radical (unpaired) electrons. The highest BCUT2D eigenvalue weighted by Gasteiger charge is 2.18. The summed E-state index contributed by atoms with van der Waals surface area (Å²) >= 11 is 0. The van der Waals surface area contributed by atoms with Gasteiger partial charge >= 0.3 is 0 Å². The van der Waals surface area contributed by atoms with Gasteiger partial charge in [0, 0.05) is 6.54 Å². The molecule has 0 saturated heterocycles. The van der Waals surface area contributed by atoms with Gasteiger partial charge in [-0.15, -0.1) is 5.10 Å². The number of aryl methyl sites for hydroxylation is 1. The highest BCUT2D eigenvalue weighted by molar-refractivity contribution is 5.36. The lowest BCUT2D eigenvalue weighted by Crippen LogP contribution is -2.11. The molecule has 1 aromatic carbocycles. The number of hydrogen-bond donors (Lipinski definition) is 1. The van der Waals surface area contributed by atoms with Crippen molar-refractivity contribution >= 4 is 0 Å². The lowest BCUT2D eigenvalue weighted by atomic mass is 9.85. The Morgan fingerprint density at radius 1 is 1.23 bits per heavy atom. The molecule has 0 atom stereocenters. The van der Waals surface area contributed by atoms with Gasteiger partial charge in [-0.2, -0.15) is 0 Å². The monoisotopic (exact) mass is 298 g/mol. The summed E-state index contributed by atoms with van der Waals surface area (Å²) in [6.45, 7) is 2.57. The van der Waals surface area contributed by atoms with Crippen LogP contribution in [0.5, 0.6) is 0 Å². The molecule has 1 aliphatic rings. The maximum absolute atomic E-state index is 5.86. The molecule has 2 aromatic rings. The molecule has 1 fully saturated rings. The van der Waals surface area contributed by atoms with Gasteiger partial charge in [-0.1, -0.05) is 49.5 Å². The van der Waals surface area contributed by atoms with E-state index in [9.17, 15) is 0 Å². The number of aromatic nitrogens is 3. The Kier molecular flexibility index (Phi) is 4.88. The Morgan fingerprint density at radius 3 is 2.77 bits per heavy atom. The fraction of sp³-hybridized carbons (Fsp3) is 0.556. The molecule has 1 heterocycles. The molecule has 2 N–H and O–H groups in total. The third-order valence-electron chi connectivity index (χ3n) is 4.80. The molecule has 22 heavy (non-hydrogen) atoms. The van der Waals surface area contributed by atoms with E-state index in [0.717, 1.165) is 23.7 Å².